The standard InChI is InChI=1S/C12H16N2O3/c1-14(2)7-6-13-11(15)9-4-3-5-10(8-9)12(16)17/h3-5,8H,6-7H2,1-2H3,(H,13,15)(H,16,17). The lowest BCUT2D eigenvalue weighted by Crippen LogP contribution is -2.31. The summed E-state index contributed by atoms with van der Waals surface area (Å²) in [6.07, 6.45) is 0. The first kappa shape index (κ1) is 13.2. The summed E-state index contributed by atoms with van der Waals surface area (Å²) in [6.45, 7) is 1.27. The highest BCUT2D eigenvalue weighted by atomic mass is 16.4. The molecule has 0 aliphatic heterocycles. The quantitative estimate of drug-likeness (QED) is 0.788. The Hall–Kier alpha value is -1.88. The van der Waals surface area contributed by atoms with Crippen molar-refractivity contribution in [3.8, 4) is 0 Å². The highest BCUT2D eigenvalue weighted by Gasteiger charge is 2.08. The van der Waals surface area contributed by atoms with Crippen molar-refractivity contribution in [1.82, 2.24) is 10.2 Å². The van der Waals surface area contributed by atoms with E-state index in [9.17, 15) is 9.59 Å². The van der Waals surface area contributed by atoms with Crippen molar-refractivity contribution in [3.63, 3.8) is 0 Å². The number of amides is 1. The molecule has 0 radical (unpaired) electrons. The molecule has 0 bridgehead atoms. The average molecular weight is 236 g/mol. The van der Waals surface area contributed by atoms with Crippen LogP contribution >= 0.6 is 0 Å². The molecule has 0 aliphatic carbocycles. The molecule has 1 amide bonds. The summed E-state index contributed by atoms with van der Waals surface area (Å²) in [5, 5.41) is 11.5. The van der Waals surface area contributed by atoms with Crippen molar-refractivity contribution in [2.45, 2.75) is 0 Å². The third-order valence-electron chi connectivity index (χ3n) is 2.22. The fourth-order valence-electron chi connectivity index (χ4n) is 1.29. The molecule has 0 unspecified atom stereocenters. The van der Waals surface area contributed by atoms with Crippen LogP contribution in [0.5, 0.6) is 0 Å². The van der Waals surface area contributed by atoms with Crippen LogP contribution in [0.3, 0.4) is 0 Å². The molecule has 1 rings (SSSR count). The van der Waals surface area contributed by atoms with E-state index in [0.29, 0.717) is 12.1 Å². The number of nitrogens with zero attached hydrogens (tertiary/aromatic N) is 1. The topological polar surface area (TPSA) is 69.6 Å². The van der Waals surface area contributed by atoms with E-state index in [1.165, 1.54) is 12.1 Å². The van der Waals surface area contributed by atoms with Crippen LogP contribution in [-0.2, 0) is 0 Å². The zero-order valence-corrected chi connectivity index (χ0v) is 9.93. The van der Waals surface area contributed by atoms with E-state index < -0.39 is 5.97 Å². The van der Waals surface area contributed by atoms with Crippen LogP contribution in [0.25, 0.3) is 0 Å². The molecule has 0 spiro atoms. The van der Waals surface area contributed by atoms with Gasteiger partial charge in [-0.2, -0.15) is 0 Å². The number of benzene rings is 1. The lowest BCUT2D eigenvalue weighted by Gasteiger charge is -2.10. The second-order valence-corrected chi connectivity index (χ2v) is 3.95. The number of likely N-dealkylation sites (N-methyl/N-ethyl adjacent to an activating group) is 1. The van der Waals surface area contributed by atoms with Gasteiger partial charge in [0.25, 0.3) is 5.91 Å². The number of carboxylic acids is 1. The highest BCUT2D eigenvalue weighted by molar-refractivity contribution is 5.97. The molecule has 0 saturated heterocycles. The zero-order chi connectivity index (χ0) is 12.8. The van der Waals surface area contributed by atoms with E-state index in [0.717, 1.165) is 6.54 Å². The lowest BCUT2D eigenvalue weighted by atomic mass is 10.1. The van der Waals surface area contributed by atoms with Crippen LogP contribution in [-0.4, -0.2) is 49.1 Å². The molecule has 1 aromatic carbocycles. The zero-order valence-electron chi connectivity index (χ0n) is 9.93. The van der Waals surface area contributed by atoms with E-state index >= 15 is 0 Å². The first-order valence-electron chi connectivity index (χ1n) is 5.27. The summed E-state index contributed by atoms with van der Waals surface area (Å²) < 4.78 is 0. The summed E-state index contributed by atoms with van der Waals surface area (Å²) in [7, 11) is 3.83. The van der Waals surface area contributed by atoms with E-state index in [-0.39, 0.29) is 11.5 Å². The molecule has 1 aromatic rings. The van der Waals surface area contributed by atoms with Gasteiger partial charge < -0.3 is 15.3 Å². The average Bonchev–Trinajstić information content (AvgIpc) is 2.28. The Labute approximate surface area is 100 Å². The Balaban J connectivity index is 2.63. The minimum absolute atomic E-state index is 0.116. The number of rotatable bonds is 5. The fourth-order valence-corrected chi connectivity index (χ4v) is 1.29. The molecule has 0 heterocycles. The SMILES string of the molecule is CN(C)CCNC(=O)c1cccc(C(=O)O)c1. The maximum Gasteiger partial charge on any atom is 0.335 e. The molecule has 92 valence electrons. The third kappa shape index (κ3) is 4.24. The Morgan fingerprint density at radius 2 is 1.94 bits per heavy atom. The maximum atomic E-state index is 11.7. The Morgan fingerprint density at radius 1 is 1.29 bits per heavy atom. The molecule has 0 aromatic heterocycles. The minimum atomic E-state index is -1.03. The van der Waals surface area contributed by atoms with Gasteiger partial charge >= 0.3 is 5.97 Å². The maximum absolute atomic E-state index is 11.7. The highest BCUT2D eigenvalue weighted by Crippen LogP contribution is 2.05. The first-order chi connectivity index (χ1) is 8.00. The second-order valence-electron chi connectivity index (χ2n) is 3.95. The van der Waals surface area contributed by atoms with Gasteiger partial charge in [0.2, 0.25) is 0 Å². The molecule has 5 heteroatoms. The van der Waals surface area contributed by atoms with Crippen molar-refractivity contribution >= 4 is 11.9 Å². The van der Waals surface area contributed by atoms with E-state index in [2.05, 4.69) is 5.32 Å². The Kier molecular flexibility index (Phi) is 4.66. The van der Waals surface area contributed by atoms with E-state index in [4.69, 9.17) is 5.11 Å². The van der Waals surface area contributed by atoms with Gasteiger partial charge in [0.1, 0.15) is 0 Å². The van der Waals surface area contributed by atoms with Crippen molar-refractivity contribution < 1.29 is 14.7 Å². The van der Waals surface area contributed by atoms with Gasteiger partial charge in [-0.3, -0.25) is 4.79 Å². The monoisotopic (exact) mass is 236 g/mol. The summed E-state index contributed by atoms with van der Waals surface area (Å²) in [5.41, 5.74) is 0.480. The molecule has 0 aliphatic rings. The number of hydrogen-bond donors (Lipinski definition) is 2. The van der Waals surface area contributed by atoms with Crippen molar-refractivity contribution in [2.75, 3.05) is 27.2 Å². The molecule has 0 atom stereocenters. The number of carbonyl (C=O) groups is 2. The summed E-state index contributed by atoms with van der Waals surface area (Å²) in [5.74, 6) is -1.29. The molecular formula is C12H16N2O3. The summed E-state index contributed by atoms with van der Waals surface area (Å²) in [6, 6.07) is 5.98. The van der Waals surface area contributed by atoms with Crippen LogP contribution < -0.4 is 5.32 Å². The van der Waals surface area contributed by atoms with Gasteiger partial charge in [0.05, 0.1) is 5.56 Å². The first-order valence-corrected chi connectivity index (χ1v) is 5.27. The molecule has 0 saturated carbocycles. The van der Waals surface area contributed by atoms with E-state index in [1.54, 1.807) is 12.1 Å². The minimum Gasteiger partial charge on any atom is -0.478 e. The van der Waals surface area contributed by atoms with Gasteiger partial charge in [-0.25, -0.2) is 4.79 Å². The van der Waals surface area contributed by atoms with Gasteiger partial charge in [-0.05, 0) is 32.3 Å². The Bertz CT molecular complexity index is 416. The van der Waals surface area contributed by atoms with Crippen LogP contribution in [0, 0.1) is 0 Å². The van der Waals surface area contributed by atoms with Crippen LogP contribution in [0.4, 0.5) is 0 Å². The number of hydrogen-bond acceptors (Lipinski definition) is 3. The predicted molar refractivity (Wildman–Crippen MR) is 64.3 cm³/mol. The Morgan fingerprint density at radius 3 is 2.53 bits per heavy atom. The second kappa shape index (κ2) is 6.00. The van der Waals surface area contributed by atoms with E-state index in [1.807, 2.05) is 19.0 Å². The van der Waals surface area contributed by atoms with Crippen molar-refractivity contribution in [2.24, 2.45) is 0 Å². The summed E-state index contributed by atoms with van der Waals surface area (Å²) >= 11 is 0. The van der Waals surface area contributed by atoms with Crippen LogP contribution in [0.15, 0.2) is 24.3 Å². The van der Waals surface area contributed by atoms with Crippen molar-refractivity contribution in [3.05, 3.63) is 35.4 Å². The van der Waals surface area contributed by atoms with Gasteiger partial charge in [0.15, 0.2) is 0 Å². The predicted octanol–water partition coefficient (Wildman–Crippen LogP) is 0.676. The van der Waals surface area contributed by atoms with Gasteiger partial charge in [-0.1, -0.05) is 6.07 Å². The molecule has 2 N–H and O–H groups in total. The van der Waals surface area contributed by atoms with Crippen molar-refractivity contribution in [1.29, 1.82) is 0 Å². The normalized spacial score (nSPS) is 10.3. The number of aromatic carboxylic acids is 1. The summed E-state index contributed by atoms with van der Waals surface area (Å²) in [4.78, 5) is 24.4. The van der Waals surface area contributed by atoms with Crippen LogP contribution in [0.2, 0.25) is 0 Å². The van der Waals surface area contributed by atoms with Crippen LogP contribution in [0.1, 0.15) is 20.7 Å². The fraction of sp³-hybridized carbons (Fsp3) is 0.333. The largest absolute Gasteiger partial charge is 0.478 e. The van der Waals surface area contributed by atoms with Gasteiger partial charge in [-0.15, -0.1) is 0 Å². The third-order valence-corrected chi connectivity index (χ3v) is 2.22. The number of carbonyl (C=O) groups excluding carboxylic acids is 1. The number of carboxylic acid groups (broad SMARTS) is 1. The van der Waals surface area contributed by atoms with Gasteiger partial charge in [0, 0.05) is 18.7 Å². The smallest absolute Gasteiger partial charge is 0.335 e. The molecular weight excluding hydrogens is 220 g/mol. The molecule has 17 heavy (non-hydrogen) atoms. The molecule has 0 fully saturated rings. The lowest BCUT2D eigenvalue weighted by molar-refractivity contribution is 0.0697. The number of nitrogens with one attached hydrogen (secondary N) is 1. The molecule has 5 nitrogen and oxygen atoms in total.